The summed E-state index contributed by atoms with van der Waals surface area (Å²) >= 11 is 0. The van der Waals surface area contributed by atoms with Crippen LogP contribution in [0.4, 0.5) is 24.9 Å². The van der Waals surface area contributed by atoms with Crippen molar-refractivity contribution in [2.45, 2.75) is 6.18 Å². The van der Waals surface area contributed by atoms with E-state index in [-0.39, 0.29) is 11.8 Å². The SMILES string of the molecule is FC(F)(F)c1cc(Nc2ncccn2)n[nH]1. The molecule has 0 unspecified atom stereocenters. The summed E-state index contributed by atoms with van der Waals surface area (Å²) in [4.78, 5) is 7.58. The van der Waals surface area contributed by atoms with E-state index in [2.05, 4.69) is 20.4 Å². The molecule has 0 bridgehead atoms. The Bertz CT molecular complexity index is 464. The predicted octanol–water partition coefficient (Wildman–Crippen LogP) is 1.96. The second-order valence-corrected chi connectivity index (χ2v) is 2.86. The fraction of sp³-hybridized carbons (Fsp3) is 0.125. The van der Waals surface area contributed by atoms with Crippen molar-refractivity contribution >= 4 is 11.8 Å². The summed E-state index contributed by atoms with van der Waals surface area (Å²) < 4.78 is 36.6. The van der Waals surface area contributed by atoms with Gasteiger partial charge in [0.2, 0.25) is 5.95 Å². The van der Waals surface area contributed by atoms with Crippen molar-refractivity contribution in [2.75, 3.05) is 5.32 Å². The molecule has 84 valence electrons. The molecule has 2 N–H and O–H groups in total. The molecule has 8 heteroatoms. The second-order valence-electron chi connectivity index (χ2n) is 2.86. The van der Waals surface area contributed by atoms with Crippen molar-refractivity contribution < 1.29 is 13.2 Å². The van der Waals surface area contributed by atoms with E-state index < -0.39 is 11.9 Å². The maximum Gasteiger partial charge on any atom is 0.432 e. The normalized spacial score (nSPS) is 11.4. The Labute approximate surface area is 87.7 Å². The van der Waals surface area contributed by atoms with Crippen LogP contribution in [0.25, 0.3) is 0 Å². The first-order chi connectivity index (χ1) is 7.55. The average molecular weight is 229 g/mol. The van der Waals surface area contributed by atoms with Gasteiger partial charge in [-0.2, -0.15) is 18.3 Å². The van der Waals surface area contributed by atoms with E-state index in [9.17, 15) is 13.2 Å². The van der Waals surface area contributed by atoms with Crippen LogP contribution in [0.1, 0.15) is 5.69 Å². The van der Waals surface area contributed by atoms with Crippen molar-refractivity contribution in [3.8, 4) is 0 Å². The van der Waals surface area contributed by atoms with Gasteiger partial charge in [0.15, 0.2) is 5.82 Å². The highest BCUT2D eigenvalue weighted by molar-refractivity contribution is 5.47. The van der Waals surface area contributed by atoms with Crippen LogP contribution in [0.3, 0.4) is 0 Å². The average Bonchev–Trinajstić information content (AvgIpc) is 2.67. The number of alkyl halides is 3. The number of hydrogen-bond donors (Lipinski definition) is 2. The molecule has 0 fully saturated rings. The summed E-state index contributed by atoms with van der Waals surface area (Å²) in [5.41, 5.74) is -0.925. The summed E-state index contributed by atoms with van der Waals surface area (Å²) in [6, 6.07) is 2.44. The maximum atomic E-state index is 12.2. The number of halogens is 3. The third-order valence-electron chi connectivity index (χ3n) is 1.69. The zero-order valence-corrected chi connectivity index (χ0v) is 7.78. The zero-order chi connectivity index (χ0) is 11.6. The minimum atomic E-state index is -4.44. The monoisotopic (exact) mass is 229 g/mol. The number of nitrogens with one attached hydrogen (secondary N) is 2. The fourth-order valence-corrected chi connectivity index (χ4v) is 1.01. The highest BCUT2D eigenvalue weighted by Gasteiger charge is 2.33. The van der Waals surface area contributed by atoms with Crippen LogP contribution in [0, 0.1) is 0 Å². The van der Waals surface area contributed by atoms with Gasteiger partial charge in [0.25, 0.3) is 0 Å². The minimum Gasteiger partial charge on any atom is -0.307 e. The molecule has 0 spiro atoms. The number of aromatic amines is 1. The topological polar surface area (TPSA) is 66.5 Å². The number of nitrogens with zero attached hydrogens (tertiary/aromatic N) is 3. The van der Waals surface area contributed by atoms with E-state index >= 15 is 0 Å². The van der Waals surface area contributed by atoms with E-state index in [4.69, 9.17) is 0 Å². The summed E-state index contributed by atoms with van der Waals surface area (Å²) in [6.07, 6.45) is -1.51. The molecule has 0 atom stereocenters. The Kier molecular flexibility index (Phi) is 2.47. The fourth-order valence-electron chi connectivity index (χ4n) is 1.01. The Balaban J connectivity index is 2.15. The Morgan fingerprint density at radius 3 is 2.44 bits per heavy atom. The van der Waals surface area contributed by atoms with Crippen LogP contribution >= 0.6 is 0 Å². The molecular weight excluding hydrogens is 223 g/mol. The third kappa shape index (κ3) is 2.27. The van der Waals surface area contributed by atoms with Crippen molar-refractivity contribution in [3.63, 3.8) is 0 Å². The van der Waals surface area contributed by atoms with Gasteiger partial charge in [0.1, 0.15) is 5.69 Å². The van der Waals surface area contributed by atoms with Gasteiger partial charge in [-0.3, -0.25) is 5.10 Å². The van der Waals surface area contributed by atoms with Crippen LogP contribution in [0.5, 0.6) is 0 Å². The molecule has 0 aliphatic rings. The zero-order valence-electron chi connectivity index (χ0n) is 7.78. The largest absolute Gasteiger partial charge is 0.432 e. The first-order valence-corrected chi connectivity index (χ1v) is 4.22. The maximum absolute atomic E-state index is 12.2. The van der Waals surface area contributed by atoms with Crippen molar-refractivity contribution in [3.05, 3.63) is 30.2 Å². The molecule has 16 heavy (non-hydrogen) atoms. The van der Waals surface area contributed by atoms with Gasteiger partial charge in [0.05, 0.1) is 0 Å². The summed E-state index contributed by atoms with van der Waals surface area (Å²) in [7, 11) is 0. The molecule has 0 saturated carbocycles. The van der Waals surface area contributed by atoms with Gasteiger partial charge in [0, 0.05) is 18.5 Å². The van der Waals surface area contributed by atoms with Crippen LogP contribution in [0.2, 0.25) is 0 Å². The smallest absolute Gasteiger partial charge is 0.307 e. The van der Waals surface area contributed by atoms with Gasteiger partial charge >= 0.3 is 6.18 Å². The molecule has 2 aromatic heterocycles. The lowest BCUT2D eigenvalue weighted by Crippen LogP contribution is -2.04. The summed E-state index contributed by atoms with van der Waals surface area (Å²) in [5, 5.41) is 7.85. The highest BCUT2D eigenvalue weighted by atomic mass is 19.4. The second kappa shape index (κ2) is 3.80. The molecule has 0 aliphatic heterocycles. The molecule has 0 aliphatic carbocycles. The molecule has 5 nitrogen and oxygen atoms in total. The Morgan fingerprint density at radius 1 is 1.19 bits per heavy atom. The third-order valence-corrected chi connectivity index (χ3v) is 1.69. The Morgan fingerprint density at radius 2 is 1.88 bits per heavy atom. The number of H-pyrrole nitrogens is 1. The molecule has 0 saturated heterocycles. The van der Waals surface area contributed by atoms with E-state index in [1.54, 1.807) is 6.07 Å². The van der Waals surface area contributed by atoms with Crippen molar-refractivity contribution in [2.24, 2.45) is 0 Å². The predicted molar refractivity (Wildman–Crippen MR) is 48.9 cm³/mol. The molecule has 0 radical (unpaired) electrons. The number of aromatic nitrogens is 4. The summed E-state index contributed by atoms with van der Waals surface area (Å²) in [5.74, 6) is 0.196. The minimum absolute atomic E-state index is 0.0125. The first kappa shape index (κ1) is 10.4. The van der Waals surface area contributed by atoms with Crippen molar-refractivity contribution in [1.29, 1.82) is 0 Å². The summed E-state index contributed by atoms with van der Waals surface area (Å²) in [6.45, 7) is 0. The highest BCUT2D eigenvalue weighted by Crippen LogP contribution is 2.29. The lowest BCUT2D eigenvalue weighted by atomic mass is 10.4. The lowest BCUT2D eigenvalue weighted by molar-refractivity contribution is -0.141. The van der Waals surface area contributed by atoms with E-state index in [0.717, 1.165) is 6.07 Å². The quantitative estimate of drug-likeness (QED) is 0.826. The molecule has 0 amide bonds. The van der Waals surface area contributed by atoms with Crippen molar-refractivity contribution in [1.82, 2.24) is 20.2 Å². The molecule has 0 aromatic carbocycles. The Hall–Kier alpha value is -2.12. The van der Waals surface area contributed by atoms with E-state index in [1.165, 1.54) is 12.4 Å². The molecule has 2 rings (SSSR count). The van der Waals surface area contributed by atoms with Gasteiger partial charge in [-0.05, 0) is 6.07 Å². The van der Waals surface area contributed by atoms with Gasteiger partial charge in [-0.1, -0.05) is 0 Å². The molecule has 2 heterocycles. The number of anilines is 2. The lowest BCUT2D eigenvalue weighted by Gasteiger charge is -2.00. The van der Waals surface area contributed by atoms with E-state index in [0.29, 0.717) is 0 Å². The number of hydrogen-bond acceptors (Lipinski definition) is 4. The van der Waals surface area contributed by atoms with Crippen LogP contribution < -0.4 is 5.32 Å². The van der Waals surface area contributed by atoms with Crippen LogP contribution in [0.15, 0.2) is 24.5 Å². The first-order valence-electron chi connectivity index (χ1n) is 4.22. The standard InChI is InChI=1S/C8H6F3N5/c9-8(10,11)5-4-6(16-15-5)14-7-12-2-1-3-13-7/h1-4H,(H2,12,13,14,15,16). The van der Waals surface area contributed by atoms with Gasteiger partial charge in [-0.25, -0.2) is 9.97 Å². The molecule has 2 aromatic rings. The van der Waals surface area contributed by atoms with E-state index in [1.807, 2.05) is 5.10 Å². The van der Waals surface area contributed by atoms with Crippen LogP contribution in [-0.4, -0.2) is 20.2 Å². The van der Waals surface area contributed by atoms with Gasteiger partial charge < -0.3 is 5.32 Å². The molecular formula is C8H6F3N5. The van der Waals surface area contributed by atoms with Crippen LogP contribution in [-0.2, 0) is 6.18 Å². The number of rotatable bonds is 2. The van der Waals surface area contributed by atoms with Gasteiger partial charge in [-0.15, -0.1) is 0 Å².